The molecule has 23 heavy (non-hydrogen) atoms. The Morgan fingerprint density at radius 1 is 1.35 bits per heavy atom. The molecule has 1 aromatic heterocycles. The summed E-state index contributed by atoms with van der Waals surface area (Å²) < 4.78 is 58.6. The van der Waals surface area contributed by atoms with Gasteiger partial charge in [-0.2, -0.15) is 4.31 Å². The van der Waals surface area contributed by atoms with Crippen molar-refractivity contribution in [3.63, 3.8) is 0 Å². The zero-order valence-electron chi connectivity index (χ0n) is 12.3. The van der Waals surface area contributed by atoms with Gasteiger partial charge in [-0.15, -0.1) is 0 Å². The topological polar surface area (TPSA) is 75.3 Å². The molecule has 0 spiro atoms. The van der Waals surface area contributed by atoms with E-state index in [0.29, 0.717) is 11.9 Å². The molecule has 0 aliphatic carbocycles. The zero-order chi connectivity index (χ0) is 16.6. The number of morpholine rings is 1. The fourth-order valence-corrected chi connectivity index (χ4v) is 4.04. The van der Waals surface area contributed by atoms with Crippen LogP contribution in [0.1, 0.15) is 17.6 Å². The quantitative estimate of drug-likeness (QED) is 0.921. The smallest absolute Gasteiger partial charge is 0.244 e. The molecule has 1 N–H and O–H groups in total. The molecule has 1 fully saturated rings. The van der Waals surface area contributed by atoms with Gasteiger partial charge < -0.3 is 9.72 Å². The number of nitrogens with zero attached hydrogens (tertiary/aromatic N) is 2. The summed E-state index contributed by atoms with van der Waals surface area (Å²) in [5.41, 5.74) is 0.788. The van der Waals surface area contributed by atoms with Gasteiger partial charge in [0.1, 0.15) is 11.9 Å². The van der Waals surface area contributed by atoms with E-state index < -0.39 is 27.7 Å². The monoisotopic (exact) mass is 343 g/mol. The molecule has 0 amide bonds. The van der Waals surface area contributed by atoms with Gasteiger partial charge in [0.25, 0.3) is 0 Å². The van der Waals surface area contributed by atoms with E-state index in [4.69, 9.17) is 4.74 Å². The molecular formula is C14H15F2N3O3S. The molecule has 124 valence electrons. The van der Waals surface area contributed by atoms with Crippen molar-refractivity contribution in [3.8, 4) is 0 Å². The second-order valence-corrected chi connectivity index (χ2v) is 7.12. The first kappa shape index (κ1) is 16.0. The van der Waals surface area contributed by atoms with Crippen LogP contribution in [0.3, 0.4) is 0 Å². The van der Waals surface area contributed by atoms with E-state index in [0.717, 1.165) is 17.8 Å². The Morgan fingerprint density at radius 2 is 2.13 bits per heavy atom. The van der Waals surface area contributed by atoms with Gasteiger partial charge in [0.05, 0.1) is 18.1 Å². The van der Waals surface area contributed by atoms with Crippen LogP contribution in [0, 0.1) is 18.6 Å². The number of halogens is 2. The van der Waals surface area contributed by atoms with Crippen LogP contribution in [0.15, 0.2) is 29.3 Å². The van der Waals surface area contributed by atoms with E-state index in [-0.39, 0.29) is 24.7 Å². The van der Waals surface area contributed by atoms with Crippen LogP contribution in [-0.4, -0.2) is 42.4 Å². The SMILES string of the molecule is Cc1cnc(C2COCCN2S(=O)(=O)c2ccc(F)c(F)c2)[nH]1. The molecule has 1 aliphatic rings. The summed E-state index contributed by atoms with van der Waals surface area (Å²) in [5, 5.41) is 0. The number of aryl methyl sites for hydroxylation is 1. The number of ether oxygens (including phenoxy) is 1. The fraction of sp³-hybridized carbons (Fsp3) is 0.357. The van der Waals surface area contributed by atoms with Crippen molar-refractivity contribution in [1.29, 1.82) is 0 Å². The molecule has 1 aromatic carbocycles. The molecule has 1 aliphatic heterocycles. The zero-order valence-corrected chi connectivity index (χ0v) is 13.1. The normalized spacial score (nSPS) is 19.9. The van der Waals surface area contributed by atoms with E-state index >= 15 is 0 Å². The number of rotatable bonds is 3. The second kappa shape index (κ2) is 5.99. The van der Waals surface area contributed by atoms with Gasteiger partial charge in [0.2, 0.25) is 10.0 Å². The standard InChI is InChI=1S/C14H15F2N3O3S/c1-9-7-17-14(18-9)13-8-22-5-4-19(13)23(20,21)10-2-3-11(15)12(16)6-10/h2-3,6-7,13H,4-5,8H2,1H3,(H,17,18). The number of aromatic nitrogens is 2. The van der Waals surface area contributed by atoms with Gasteiger partial charge in [0, 0.05) is 18.4 Å². The van der Waals surface area contributed by atoms with E-state index in [2.05, 4.69) is 9.97 Å². The Morgan fingerprint density at radius 3 is 2.78 bits per heavy atom. The molecule has 0 bridgehead atoms. The average molecular weight is 343 g/mol. The van der Waals surface area contributed by atoms with Crippen molar-refractivity contribution in [2.45, 2.75) is 17.9 Å². The number of H-pyrrole nitrogens is 1. The molecule has 6 nitrogen and oxygen atoms in total. The first-order chi connectivity index (χ1) is 10.9. The highest BCUT2D eigenvalue weighted by molar-refractivity contribution is 7.89. The molecule has 3 rings (SSSR count). The lowest BCUT2D eigenvalue weighted by atomic mass is 10.2. The third-order valence-corrected chi connectivity index (χ3v) is 5.52. The summed E-state index contributed by atoms with van der Waals surface area (Å²) in [5.74, 6) is -1.85. The molecule has 1 saturated heterocycles. The summed E-state index contributed by atoms with van der Waals surface area (Å²) in [6.45, 7) is 2.26. The van der Waals surface area contributed by atoms with Crippen molar-refractivity contribution in [2.24, 2.45) is 0 Å². The first-order valence-electron chi connectivity index (χ1n) is 6.96. The minimum atomic E-state index is -4.00. The molecule has 0 radical (unpaired) electrons. The molecule has 2 aromatic rings. The highest BCUT2D eigenvalue weighted by Crippen LogP contribution is 2.29. The van der Waals surface area contributed by atoms with Gasteiger partial charge in [-0.3, -0.25) is 0 Å². The highest BCUT2D eigenvalue weighted by Gasteiger charge is 2.36. The van der Waals surface area contributed by atoms with Crippen molar-refractivity contribution >= 4 is 10.0 Å². The largest absolute Gasteiger partial charge is 0.378 e. The number of sulfonamides is 1. The molecule has 0 saturated carbocycles. The lowest BCUT2D eigenvalue weighted by molar-refractivity contribution is 0.0292. The van der Waals surface area contributed by atoms with Crippen molar-refractivity contribution in [3.05, 3.63) is 47.5 Å². The first-order valence-corrected chi connectivity index (χ1v) is 8.40. The van der Waals surface area contributed by atoms with E-state index in [1.807, 2.05) is 0 Å². The number of aromatic amines is 1. The number of imidazole rings is 1. The van der Waals surface area contributed by atoms with Crippen LogP contribution >= 0.6 is 0 Å². The second-order valence-electron chi connectivity index (χ2n) is 5.23. The van der Waals surface area contributed by atoms with E-state index in [1.165, 1.54) is 4.31 Å². The van der Waals surface area contributed by atoms with E-state index in [1.54, 1.807) is 13.1 Å². The van der Waals surface area contributed by atoms with Crippen molar-refractivity contribution in [2.75, 3.05) is 19.8 Å². The third-order valence-electron chi connectivity index (χ3n) is 3.62. The van der Waals surface area contributed by atoms with Crippen LogP contribution in [0.5, 0.6) is 0 Å². The number of benzene rings is 1. The summed E-state index contributed by atoms with van der Waals surface area (Å²) >= 11 is 0. The summed E-state index contributed by atoms with van der Waals surface area (Å²) in [7, 11) is -4.00. The van der Waals surface area contributed by atoms with Crippen molar-refractivity contribution < 1.29 is 21.9 Å². The van der Waals surface area contributed by atoms with Crippen LogP contribution in [0.2, 0.25) is 0 Å². The van der Waals surface area contributed by atoms with Crippen LogP contribution in [0.25, 0.3) is 0 Å². The predicted molar refractivity (Wildman–Crippen MR) is 77.1 cm³/mol. The Kier molecular flexibility index (Phi) is 4.17. The lowest BCUT2D eigenvalue weighted by Crippen LogP contribution is -2.43. The number of hydrogen-bond donors (Lipinski definition) is 1. The Balaban J connectivity index is 2.00. The summed E-state index contributed by atoms with van der Waals surface area (Å²) in [4.78, 5) is 6.84. The van der Waals surface area contributed by atoms with Crippen LogP contribution < -0.4 is 0 Å². The van der Waals surface area contributed by atoms with Crippen LogP contribution in [0.4, 0.5) is 8.78 Å². The minimum absolute atomic E-state index is 0.103. The number of hydrogen-bond acceptors (Lipinski definition) is 4. The summed E-state index contributed by atoms with van der Waals surface area (Å²) in [6.07, 6.45) is 1.59. The molecule has 1 unspecified atom stereocenters. The summed E-state index contributed by atoms with van der Waals surface area (Å²) in [6, 6.07) is 1.89. The minimum Gasteiger partial charge on any atom is -0.378 e. The van der Waals surface area contributed by atoms with Crippen molar-refractivity contribution in [1.82, 2.24) is 14.3 Å². The van der Waals surface area contributed by atoms with Gasteiger partial charge in [-0.05, 0) is 25.1 Å². The predicted octanol–water partition coefficient (Wildman–Crippen LogP) is 1.76. The maximum Gasteiger partial charge on any atom is 0.244 e. The lowest BCUT2D eigenvalue weighted by Gasteiger charge is -2.33. The molecule has 1 atom stereocenters. The Labute approximate surface area is 132 Å². The number of nitrogens with one attached hydrogen (secondary N) is 1. The molecule has 9 heteroatoms. The Hall–Kier alpha value is -1.84. The fourth-order valence-electron chi connectivity index (χ4n) is 2.47. The Bertz CT molecular complexity index is 822. The van der Waals surface area contributed by atoms with Gasteiger partial charge in [0.15, 0.2) is 11.6 Å². The third kappa shape index (κ3) is 2.99. The van der Waals surface area contributed by atoms with Gasteiger partial charge in [-0.1, -0.05) is 0 Å². The molecular weight excluding hydrogens is 328 g/mol. The van der Waals surface area contributed by atoms with Crippen LogP contribution in [-0.2, 0) is 14.8 Å². The molecule has 2 heterocycles. The van der Waals surface area contributed by atoms with E-state index in [9.17, 15) is 17.2 Å². The maximum absolute atomic E-state index is 13.4. The van der Waals surface area contributed by atoms with Gasteiger partial charge in [-0.25, -0.2) is 22.2 Å². The average Bonchev–Trinajstić information content (AvgIpc) is 2.96. The highest BCUT2D eigenvalue weighted by atomic mass is 32.2. The van der Waals surface area contributed by atoms with Gasteiger partial charge >= 0.3 is 0 Å². The maximum atomic E-state index is 13.4.